The van der Waals surface area contributed by atoms with Crippen molar-refractivity contribution in [2.75, 3.05) is 9.80 Å². The zero-order valence-corrected chi connectivity index (χ0v) is 36.1. The van der Waals surface area contributed by atoms with Crippen LogP contribution in [0.4, 0.5) is 34.1 Å². The van der Waals surface area contributed by atoms with Crippen LogP contribution in [0.25, 0.3) is 43.8 Å². The summed E-state index contributed by atoms with van der Waals surface area (Å²) < 4.78 is 6.73. The summed E-state index contributed by atoms with van der Waals surface area (Å²) in [5.41, 5.74) is 15.6. The minimum Gasteiger partial charge on any atom is -0.457 e. The Labute approximate surface area is 384 Å². The fourth-order valence-corrected chi connectivity index (χ4v) is 10.8. The molecule has 0 saturated carbocycles. The fraction of sp³-hybridized carbons (Fsp3) is 0.0159. The normalized spacial score (nSPS) is 12.8. The van der Waals surface area contributed by atoms with Gasteiger partial charge >= 0.3 is 0 Å². The molecular weight excluding hydrogens is 801 g/mol. The third-order valence-electron chi connectivity index (χ3n) is 13.7. The van der Waals surface area contributed by atoms with Gasteiger partial charge in [0.05, 0.1) is 11.1 Å². The highest BCUT2D eigenvalue weighted by Gasteiger charge is 2.52. The van der Waals surface area contributed by atoms with Crippen LogP contribution >= 0.6 is 0 Å². The number of hydrogen-bond acceptors (Lipinski definition) is 3. The summed E-state index contributed by atoms with van der Waals surface area (Å²) in [6.07, 6.45) is 0. The summed E-state index contributed by atoms with van der Waals surface area (Å²) in [5.74, 6) is 1.76. The van der Waals surface area contributed by atoms with Crippen LogP contribution in [0, 0.1) is 0 Å². The monoisotopic (exact) mass is 842 g/mol. The van der Waals surface area contributed by atoms with E-state index in [-0.39, 0.29) is 0 Å². The van der Waals surface area contributed by atoms with Crippen LogP contribution in [0.2, 0.25) is 0 Å². The zero-order chi connectivity index (χ0) is 43.6. The number of ether oxygens (including phenoxy) is 1. The van der Waals surface area contributed by atoms with E-state index in [0.29, 0.717) is 0 Å². The first-order valence-electron chi connectivity index (χ1n) is 22.7. The molecule has 11 aromatic carbocycles. The van der Waals surface area contributed by atoms with Gasteiger partial charge in [-0.3, -0.25) is 0 Å². The van der Waals surface area contributed by atoms with Gasteiger partial charge in [-0.15, -0.1) is 0 Å². The molecule has 0 atom stereocenters. The molecule has 0 amide bonds. The number of nitrogens with zero attached hydrogens (tertiary/aromatic N) is 2. The summed E-state index contributed by atoms with van der Waals surface area (Å²) in [6, 6.07) is 92.4. The van der Waals surface area contributed by atoms with Gasteiger partial charge in [0.2, 0.25) is 0 Å². The number of anilines is 6. The van der Waals surface area contributed by atoms with Gasteiger partial charge in [-0.25, -0.2) is 0 Å². The summed E-state index contributed by atoms with van der Waals surface area (Å²) in [4.78, 5) is 4.80. The molecule has 0 bridgehead atoms. The zero-order valence-electron chi connectivity index (χ0n) is 36.1. The molecule has 0 saturated heterocycles. The SMILES string of the molecule is c1ccc(N(c2ccc(-c3ccc(N(c4ccc5ccccc5c4)c4cccc5c4C4(c6ccccc6Oc6ccccc64)c4ccccc4-5)cc3)cc2)c2ccc3ccccc3c2)cc1. The molecule has 11 aromatic rings. The Morgan fingerprint density at radius 2 is 0.727 bits per heavy atom. The maximum absolute atomic E-state index is 6.73. The maximum atomic E-state index is 6.73. The van der Waals surface area contributed by atoms with Crippen molar-refractivity contribution in [3.05, 3.63) is 277 Å². The van der Waals surface area contributed by atoms with E-state index in [2.05, 4.69) is 265 Å². The van der Waals surface area contributed by atoms with E-state index < -0.39 is 5.41 Å². The molecule has 0 fully saturated rings. The van der Waals surface area contributed by atoms with Crippen molar-refractivity contribution in [2.45, 2.75) is 5.41 Å². The van der Waals surface area contributed by atoms with Crippen molar-refractivity contribution in [2.24, 2.45) is 0 Å². The van der Waals surface area contributed by atoms with Gasteiger partial charge in [0.1, 0.15) is 11.5 Å². The number of fused-ring (bicyclic) bond motifs is 11. The molecule has 310 valence electrons. The topological polar surface area (TPSA) is 15.7 Å². The highest BCUT2D eigenvalue weighted by atomic mass is 16.5. The van der Waals surface area contributed by atoms with Crippen molar-refractivity contribution in [3.8, 4) is 33.8 Å². The van der Waals surface area contributed by atoms with Gasteiger partial charge in [-0.1, -0.05) is 176 Å². The number of para-hydroxylation sites is 3. The molecule has 1 spiro atoms. The predicted molar refractivity (Wildman–Crippen MR) is 274 cm³/mol. The molecule has 0 radical (unpaired) electrons. The van der Waals surface area contributed by atoms with Crippen LogP contribution in [0.15, 0.2) is 255 Å². The Morgan fingerprint density at radius 1 is 0.288 bits per heavy atom. The molecule has 1 aliphatic carbocycles. The molecule has 3 nitrogen and oxygen atoms in total. The third-order valence-corrected chi connectivity index (χ3v) is 13.7. The van der Waals surface area contributed by atoms with E-state index in [1.807, 2.05) is 0 Å². The lowest BCUT2D eigenvalue weighted by Crippen LogP contribution is -2.33. The second-order valence-electron chi connectivity index (χ2n) is 17.3. The van der Waals surface area contributed by atoms with Crippen LogP contribution < -0.4 is 14.5 Å². The van der Waals surface area contributed by atoms with E-state index >= 15 is 0 Å². The van der Waals surface area contributed by atoms with Crippen molar-refractivity contribution in [1.29, 1.82) is 0 Å². The first kappa shape index (κ1) is 37.9. The predicted octanol–water partition coefficient (Wildman–Crippen LogP) is 17.1. The Hall–Kier alpha value is -8.66. The second-order valence-corrected chi connectivity index (χ2v) is 17.3. The standard InChI is InChI=1S/C63H42N2O/c1-2-19-49(20-3-1)64(52-39-33-43-15-4-6-17-47(43)41-52)50-35-29-45(30-36-50)46-31-37-51(38-32-46)65(53-40-34-44-16-5-7-18-48(44)42-53)59-26-14-22-55-54-21-8-9-23-56(54)63(62(55)59)57-24-10-12-27-60(57)66-61-28-13-11-25-58(61)63/h1-42H. The van der Waals surface area contributed by atoms with Gasteiger partial charge in [-0.05, 0) is 128 Å². The Balaban J connectivity index is 0.958. The van der Waals surface area contributed by atoms with Gasteiger partial charge in [0.25, 0.3) is 0 Å². The van der Waals surface area contributed by atoms with Gasteiger partial charge in [0.15, 0.2) is 0 Å². The molecule has 1 heterocycles. The summed E-state index contributed by atoms with van der Waals surface area (Å²) in [6.45, 7) is 0. The number of rotatable bonds is 7. The van der Waals surface area contributed by atoms with Crippen molar-refractivity contribution in [1.82, 2.24) is 0 Å². The van der Waals surface area contributed by atoms with Crippen LogP contribution in [0.5, 0.6) is 11.5 Å². The molecule has 1 aliphatic heterocycles. The minimum atomic E-state index is -0.634. The molecule has 0 aromatic heterocycles. The van der Waals surface area contributed by atoms with E-state index in [4.69, 9.17) is 4.74 Å². The summed E-state index contributed by atoms with van der Waals surface area (Å²) in [5, 5.41) is 4.85. The first-order chi connectivity index (χ1) is 32.7. The highest BCUT2D eigenvalue weighted by Crippen LogP contribution is 2.64. The van der Waals surface area contributed by atoms with Crippen LogP contribution in [-0.2, 0) is 5.41 Å². The van der Waals surface area contributed by atoms with Gasteiger partial charge in [0, 0.05) is 45.1 Å². The van der Waals surface area contributed by atoms with Crippen molar-refractivity contribution >= 4 is 55.7 Å². The number of hydrogen-bond donors (Lipinski definition) is 0. The Bertz CT molecular complexity index is 3590. The molecule has 2 aliphatic rings. The molecule has 0 N–H and O–H groups in total. The average molecular weight is 843 g/mol. The average Bonchev–Trinajstić information content (AvgIpc) is 3.68. The van der Waals surface area contributed by atoms with Gasteiger partial charge < -0.3 is 14.5 Å². The molecular formula is C63H42N2O. The Morgan fingerprint density at radius 3 is 1.33 bits per heavy atom. The molecule has 66 heavy (non-hydrogen) atoms. The Kier molecular flexibility index (Phi) is 8.75. The molecule has 3 heteroatoms. The van der Waals surface area contributed by atoms with Gasteiger partial charge in [-0.2, -0.15) is 0 Å². The quantitative estimate of drug-likeness (QED) is 0.159. The van der Waals surface area contributed by atoms with E-state index in [0.717, 1.165) is 67.9 Å². The third kappa shape index (κ3) is 5.91. The van der Waals surface area contributed by atoms with Crippen LogP contribution in [0.1, 0.15) is 22.3 Å². The smallest absolute Gasteiger partial charge is 0.132 e. The minimum absolute atomic E-state index is 0.634. The lowest BCUT2D eigenvalue weighted by molar-refractivity contribution is 0.436. The van der Waals surface area contributed by atoms with Crippen molar-refractivity contribution < 1.29 is 4.74 Å². The van der Waals surface area contributed by atoms with E-state index in [1.165, 1.54) is 43.8 Å². The maximum Gasteiger partial charge on any atom is 0.132 e. The molecule has 13 rings (SSSR count). The summed E-state index contributed by atoms with van der Waals surface area (Å²) in [7, 11) is 0. The fourth-order valence-electron chi connectivity index (χ4n) is 10.8. The van der Waals surface area contributed by atoms with E-state index in [1.54, 1.807) is 0 Å². The van der Waals surface area contributed by atoms with Crippen molar-refractivity contribution in [3.63, 3.8) is 0 Å². The lowest BCUT2D eigenvalue weighted by Gasteiger charge is -2.41. The highest BCUT2D eigenvalue weighted by molar-refractivity contribution is 5.97. The largest absolute Gasteiger partial charge is 0.457 e. The lowest BCUT2D eigenvalue weighted by atomic mass is 9.65. The summed E-state index contributed by atoms with van der Waals surface area (Å²) >= 11 is 0. The first-order valence-corrected chi connectivity index (χ1v) is 22.7. The number of benzene rings is 11. The van der Waals surface area contributed by atoms with Crippen LogP contribution in [0.3, 0.4) is 0 Å². The van der Waals surface area contributed by atoms with E-state index in [9.17, 15) is 0 Å². The second kappa shape index (κ2) is 15.3. The molecule has 0 unspecified atom stereocenters. The van der Waals surface area contributed by atoms with Crippen LogP contribution in [-0.4, -0.2) is 0 Å².